The average molecular weight is 311 g/mol. The fraction of sp³-hybridized carbons (Fsp3) is 0.133. The first-order chi connectivity index (χ1) is 9.88. The molecule has 110 valence electrons. The summed E-state index contributed by atoms with van der Waals surface area (Å²) in [5, 5.41) is -0.359. The molecular formula is C15H13ClF2N2O. The van der Waals surface area contributed by atoms with Crippen LogP contribution in [0.5, 0.6) is 0 Å². The van der Waals surface area contributed by atoms with Gasteiger partial charge in [0.25, 0.3) is 5.91 Å². The van der Waals surface area contributed by atoms with Gasteiger partial charge < -0.3 is 10.6 Å². The number of hydrogen-bond acceptors (Lipinski definition) is 2. The van der Waals surface area contributed by atoms with Crippen molar-refractivity contribution in [2.45, 2.75) is 6.54 Å². The van der Waals surface area contributed by atoms with E-state index in [-0.39, 0.29) is 17.1 Å². The Hall–Kier alpha value is -2.14. The fourth-order valence-corrected chi connectivity index (χ4v) is 2.08. The van der Waals surface area contributed by atoms with Crippen LogP contribution in [-0.4, -0.2) is 17.9 Å². The summed E-state index contributed by atoms with van der Waals surface area (Å²) in [6, 6.07) is 8.57. The topological polar surface area (TPSA) is 46.3 Å². The van der Waals surface area contributed by atoms with Crippen LogP contribution in [0.4, 0.5) is 14.5 Å². The van der Waals surface area contributed by atoms with Gasteiger partial charge in [-0.05, 0) is 29.8 Å². The van der Waals surface area contributed by atoms with Gasteiger partial charge in [-0.1, -0.05) is 23.7 Å². The van der Waals surface area contributed by atoms with Gasteiger partial charge in [-0.25, -0.2) is 8.78 Å². The molecule has 2 aromatic rings. The molecule has 21 heavy (non-hydrogen) atoms. The summed E-state index contributed by atoms with van der Waals surface area (Å²) in [6.45, 7) is 0.230. The lowest BCUT2D eigenvalue weighted by molar-refractivity contribution is 0.0780. The molecule has 0 aromatic heterocycles. The largest absolute Gasteiger partial charge is 0.399 e. The zero-order valence-electron chi connectivity index (χ0n) is 11.2. The monoisotopic (exact) mass is 310 g/mol. The molecule has 0 fully saturated rings. The van der Waals surface area contributed by atoms with Gasteiger partial charge in [-0.15, -0.1) is 0 Å². The summed E-state index contributed by atoms with van der Waals surface area (Å²) in [5.74, 6) is -2.32. The van der Waals surface area contributed by atoms with Crippen LogP contribution in [0.15, 0.2) is 36.4 Å². The Morgan fingerprint density at radius 3 is 2.62 bits per heavy atom. The molecule has 0 saturated heterocycles. The fourth-order valence-electron chi connectivity index (χ4n) is 1.93. The van der Waals surface area contributed by atoms with Crippen molar-refractivity contribution in [3.05, 3.63) is 64.2 Å². The van der Waals surface area contributed by atoms with Gasteiger partial charge in [-0.2, -0.15) is 0 Å². The number of rotatable bonds is 3. The molecule has 0 atom stereocenters. The Bertz CT molecular complexity index is 691. The van der Waals surface area contributed by atoms with Gasteiger partial charge in [0, 0.05) is 19.3 Å². The molecule has 2 aromatic carbocycles. The molecule has 1 amide bonds. The Kier molecular flexibility index (Phi) is 4.43. The molecule has 0 heterocycles. The van der Waals surface area contributed by atoms with Gasteiger partial charge in [0.2, 0.25) is 0 Å². The number of nitrogen functional groups attached to an aromatic ring is 1. The summed E-state index contributed by atoms with van der Waals surface area (Å²) < 4.78 is 27.1. The minimum Gasteiger partial charge on any atom is -0.399 e. The van der Waals surface area contributed by atoms with Crippen molar-refractivity contribution >= 4 is 23.2 Å². The highest BCUT2D eigenvalue weighted by molar-refractivity contribution is 6.30. The number of anilines is 1. The molecule has 0 unspecified atom stereocenters. The zero-order valence-corrected chi connectivity index (χ0v) is 12.0. The van der Waals surface area contributed by atoms with Crippen LogP contribution in [0.1, 0.15) is 15.9 Å². The molecule has 0 aliphatic carbocycles. The van der Waals surface area contributed by atoms with Gasteiger partial charge >= 0.3 is 0 Å². The van der Waals surface area contributed by atoms with E-state index in [9.17, 15) is 13.6 Å². The molecular weight excluding hydrogens is 298 g/mol. The molecule has 0 bridgehead atoms. The number of hydrogen-bond donors (Lipinski definition) is 1. The van der Waals surface area contributed by atoms with E-state index in [1.54, 1.807) is 24.3 Å². The van der Waals surface area contributed by atoms with Crippen LogP contribution in [0.3, 0.4) is 0 Å². The molecule has 0 radical (unpaired) electrons. The van der Waals surface area contributed by atoms with Gasteiger partial charge in [-0.3, -0.25) is 4.79 Å². The van der Waals surface area contributed by atoms with Gasteiger partial charge in [0.05, 0.1) is 10.6 Å². The normalized spacial score (nSPS) is 10.5. The predicted molar refractivity (Wildman–Crippen MR) is 78.0 cm³/mol. The van der Waals surface area contributed by atoms with Gasteiger partial charge in [0.1, 0.15) is 11.6 Å². The van der Waals surface area contributed by atoms with Crippen LogP contribution in [0.25, 0.3) is 0 Å². The third-order valence-corrected chi connectivity index (χ3v) is 3.25. The van der Waals surface area contributed by atoms with Crippen LogP contribution in [0.2, 0.25) is 5.02 Å². The number of carbonyl (C=O) groups is 1. The molecule has 0 spiro atoms. The van der Waals surface area contributed by atoms with Crippen LogP contribution in [0, 0.1) is 11.6 Å². The van der Waals surface area contributed by atoms with E-state index in [0.717, 1.165) is 17.7 Å². The highest BCUT2D eigenvalue weighted by atomic mass is 35.5. The SMILES string of the molecule is CN(Cc1cccc(N)c1)C(=O)c1cc(F)c(Cl)cc1F. The first kappa shape index (κ1) is 15.3. The lowest BCUT2D eigenvalue weighted by atomic mass is 10.1. The first-order valence-electron chi connectivity index (χ1n) is 6.13. The van der Waals surface area contributed by atoms with Crippen LogP contribution in [-0.2, 0) is 6.54 Å². The minimum absolute atomic E-state index is 0.230. The lowest BCUT2D eigenvalue weighted by Crippen LogP contribution is -2.27. The number of amides is 1. The van der Waals surface area contributed by atoms with Crippen molar-refractivity contribution in [3.8, 4) is 0 Å². The maximum absolute atomic E-state index is 13.7. The van der Waals surface area contributed by atoms with E-state index in [1.165, 1.54) is 11.9 Å². The Morgan fingerprint density at radius 2 is 1.95 bits per heavy atom. The van der Waals surface area contributed by atoms with Crippen molar-refractivity contribution in [2.75, 3.05) is 12.8 Å². The third kappa shape index (κ3) is 3.49. The predicted octanol–water partition coefficient (Wildman–Crippen LogP) is 3.47. The molecule has 0 aliphatic heterocycles. The maximum atomic E-state index is 13.7. The molecule has 0 saturated carbocycles. The number of benzene rings is 2. The lowest BCUT2D eigenvalue weighted by Gasteiger charge is -2.18. The highest BCUT2D eigenvalue weighted by Crippen LogP contribution is 2.21. The van der Waals surface area contributed by atoms with E-state index in [2.05, 4.69) is 0 Å². The highest BCUT2D eigenvalue weighted by Gasteiger charge is 2.19. The minimum atomic E-state index is -0.856. The Labute approximate surface area is 125 Å². The first-order valence-corrected chi connectivity index (χ1v) is 6.50. The smallest absolute Gasteiger partial charge is 0.256 e. The van der Waals surface area contributed by atoms with Crippen LogP contribution >= 0.6 is 11.6 Å². The summed E-state index contributed by atoms with van der Waals surface area (Å²) in [5.41, 5.74) is 6.66. The molecule has 6 heteroatoms. The van der Waals surface area contributed by atoms with Crippen molar-refractivity contribution in [2.24, 2.45) is 0 Å². The number of nitrogens with zero attached hydrogens (tertiary/aromatic N) is 1. The summed E-state index contributed by atoms with van der Waals surface area (Å²) in [7, 11) is 1.50. The molecule has 3 nitrogen and oxygen atoms in total. The third-order valence-electron chi connectivity index (χ3n) is 2.96. The van der Waals surface area contributed by atoms with Crippen molar-refractivity contribution in [3.63, 3.8) is 0 Å². The van der Waals surface area contributed by atoms with E-state index in [1.807, 2.05) is 0 Å². The molecule has 0 aliphatic rings. The zero-order chi connectivity index (χ0) is 15.6. The van der Waals surface area contributed by atoms with E-state index in [4.69, 9.17) is 17.3 Å². The van der Waals surface area contributed by atoms with Crippen molar-refractivity contribution in [1.82, 2.24) is 4.90 Å². The average Bonchev–Trinajstić information content (AvgIpc) is 2.42. The second-order valence-electron chi connectivity index (χ2n) is 4.65. The Morgan fingerprint density at radius 1 is 1.24 bits per heavy atom. The number of nitrogens with two attached hydrogens (primary N) is 1. The van der Waals surface area contributed by atoms with Crippen molar-refractivity contribution < 1.29 is 13.6 Å². The van der Waals surface area contributed by atoms with E-state index >= 15 is 0 Å². The summed E-state index contributed by atoms with van der Waals surface area (Å²) in [6.07, 6.45) is 0. The second-order valence-corrected chi connectivity index (χ2v) is 5.06. The quantitative estimate of drug-likeness (QED) is 0.697. The maximum Gasteiger partial charge on any atom is 0.256 e. The van der Waals surface area contributed by atoms with Crippen molar-refractivity contribution in [1.29, 1.82) is 0 Å². The van der Waals surface area contributed by atoms with E-state index < -0.39 is 17.5 Å². The molecule has 2 rings (SSSR count). The Balaban J connectivity index is 2.22. The van der Waals surface area contributed by atoms with E-state index in [0.29, 0.717) is 5.69 Å². The van der Waals surface area contributed by atoms with Gasteiger partial charge in [0.15, 0.2) is 0 Å². The number of carbonyl (C=O) groups excluding carboxylic acids is 1. The standard InChI is InChI=1S/C15H13ClF2N2O/c1-20(8-9-3-2-4-10(19)5-9)15(21)11-6-14(18)12(16)7-13(11)17/h2-7H,8,19H2,1H3. The second kappa shape index (κ2) is 6.10. The van der Waals surface area contributed by atoms with Crippen LogP contribution < -0.4 is 5.73 Å². The number of halogens is 3. The summed E-state index contributed by atoms with van der Waals surface area (Å²) >= 11 is 5.46. The summed E-state index contributed by atoms with van der Waals surface area (Å²) in [4.78, 5) is 13.4. The molecule has 2 N–H and O–H groups in total.